The van der Waals surface area contributed by atoms with E-state index in [0.29, 0.717) is 0 Å². The van der Waals surface area contributed by atoms with Gasteiger partial charge in [0.1, 0.15) is 16.1 Å². The van der Waals surface area contributed by atoms with Crippen LogP contribution in [-0.4, -0.2) is 16.1 Å². The van der Waals surface area contributed by atoms with Crippen LogP contribution in [0.3, 0.4) is 0 Å². The highest BCUT2D eigenvalue weighted by atomic mass is 28.3. The Morgan fingerprint density at radius 3 is 1.83 bits per heavy atom. The number of benzene rings is 7. The standard InChI is InChI=1S/C44H37NSi2/c1-46(2)41-24-10-8-20-38(41)44-39(22-13-25-42(44)46)45(33-26-27-37-36-19-7-9-23-40(36)47(3,4)43(37)29-33)32-17-11-16-31(28-32)35-21-12-15-30-14-5-6-18-34(30)35/h5-29H,1-4H3. The van der Waals surface area contributed by atoms with Gasteiger partial charge in [-0.25, -0.2) is 0 Å². The Balaban J connectivity index is 1.30. The molecule has 0 saturated heterocycles. The highest BCUT2D eigenvalue weighted by molar-refractivity contribution is 7.04. The molecule has 0 unspecified atom stereocenters. The SMILES string of the molecule is C[Si]1(C)c2ccccc2-c2ccc(N(c3cccc(-c4cccc5ccccc45)c3)c3cccc4c3-c3ccccc3[Si]4(C)C)cc21. The maximum Gasteiger partial charge on any atom is 0.113 e. The quantitative estimate of drug-likeness (QED) is 0.174. The van der Waals surface area contributed by atoms with Gasteiger partial charge < -0.3 is 4.90 Å². The zero-order valence-corrected chi connectivity index (χ0v) is 29.4. The van der Waals surface area contributed by atoms with Gasteiger partial charge in [-0.2, -0.15) is 0 Å². The molecule has 1 nitrogen and oxygen atoms in total. The molecule has 0 spiro atoms. The third-order valence-corrected chi connectivity index (χ3v) is 17.9. The van der Waals surface area contributed by atoms with Crippen LogP contribution in [0.4, 0.5) is 17.1 Å². The summed E-state index contributed by atoms with van der Waals surface area (Å²) < 4.78 is 0. The number of hydrogen-bond donors (Lipinski definition) is 0. The maximum atomic E-state index is 2.55. The Bertz CT molecular complexity index is 2380. The highest BCUT2D eigenvalue weighted by Gasteiger charge is 2.40. The minimum absolute atomic E-state index is 1.18. The first-order valence-corrected chi connectivity index (χ1v) is 22.7. The molecule has 0 aliphatic carbocycles. The molecule has 7 aromatic rings. The summed E-state index contributed by atoms with van der Waals surface area (Å²) in [6.07, 6.45) is 0. The molecule has 0 radical (unpaired) electrons. The van der Waals surface area contributed by atoms with Crippen molar-refractivity contribution in [3.05, 3.63) is 152 Å². The Kier molecular flexibility index (Phi) is 6.18. The molecule has 2 aliphatic heterocycles. The summed E-state index contributed by atoms with van der Waals surface area (Å²) >= 11 is 0. The molecule has 0 bridgehead atoms. The lowest BCUT2D eigenvalue weighted by Crippen LogP contribution is -2.49. The van der Waals surface area contributed by atoms with Gasteiger partial charge in [0.2, 0.25) is 0 Å². The molecule has 2 aliphatic rings. The number of nitrogens with zero attached hydrogens (tertiary/aromatic N) is 1. The Hall–Kier alpha value is -4.97. The van der Waals surface area contributed by atoms with E-state index in [1.54, 1.807) is 5.19 Å². The largest absolute Gasteiger partial charge is 0.310 e. The maximum absolute atomic E-state index is 2.55. The van der Waals surface area contributed by atoms with Gasteiger partial charge in [0, 0.05) is 16.9 Å². The first-order valence-electron chi connectivity index (χ1n) is 16.7. The average molecular weight is 636 g/mol. The van der Waals surface area contributed by atoms with Crippen LogP contribution in [0, 0.1) is 0 Å². The van der Waals surface area contributed by atoms with Crippen LogP contribution in [0.1, 0.15) is 0 Å². The molecular weight excluding hydrogens is 599 g/mol. The molecule has 0 N–H and O–H groups in total. The van der Waals surface area contributed by atoms with Gasteiger partial charge in [0.25, 0.3) is 0 Å². The molecule has 47 heavy (non-hydrogen) atoms. The number of hydrogen-bond acceptors (Lipinski definition) is 1. The number of fused-ring (bicyclic) bond motifs is 7. The van der Waals surface area contributed by atoms with Gasteiger partial charge in [-0.3, -0.25) is 0 Å². The molecule has 0 atom stereocenters. The fourth-order valence-corrected chi connectivity index (χ4v) is 14.6. The Morgan fingerprint density at radius 2 is 0.979 bits per heavy atom. The van der Waals surface area contributed by atoms with Crippen molar-refractivity contribution in [2.24, 2.45) is 0 Å². The molecule has 0 amide bonds. The van der Waals surface area contributed by atoms with E-state index in [1.807, 2.05) is 0 Å². The first-order chi connectivity index (χ1) is 22.8. The fourth-order valence-electron chi connectivity index (χ4n) is 8.47. The Labute approximate surface area is 279 Å². The Morgan fingerprint density at radius 1 is 0.404 bits per heavy atom. The zero-order chi connectivity index (χ0) is 31.9. The fraction of sp³-hybridized carbons (Fsp3) is 0.0909. The first kappa shape index (κ1) is 28.3. The normalized spacial score (nSPS) is 14.7. The predicted molar refractivity (Wildman–Crippen MR) is 208 cm³/mol. The minimum atomic E-state index is -1.88. The lowest BCUT2D eigenvalue weighted by molar-refractivity contribution is 1.29. The van der Waals surface area contributed by atoms with Crippen LogP contribution in [-0.2, 0) is 0 Å². The number of anilines is 3. The van der Waals surface area contributed by atoms with Crippen LogP contribution in [0.5, 0.6) is 0 Å². The molecular formula is C44H37NSi2. The van der Waals surface area contributed by atoms with Crippen molar-refractivity contribution < 1.29 is 0 Å². The van der Waals surface area contributed by atoms with E-state index in [-0.39, 0.29) is 0 Å². The van der Waals surface area contributed by atoms with E-state index in [4.69, 9.17) is 0 Å². The second-order valence-electron chi connectivity index (χ2n) is 14.2. The lowest BCUT2D eigenvalue weighted by atomic mass is 9.97. The van der Waals surface area contributed by atoms with E-state index < -0.39 is 16.1 Å². The average Bonchev–Trinajstić information content (AvgIpc) is 3.48. The molecule has 226 valence electrons. The summed E-state index contributed by atoms with van der Waals surface area (Å²) in [5.41, 5.74) is 11.8. The van der Waals surface area contributed by atoms with E-state index in [0.717, 1.165) is 0 Å². The van der Waals surface area contributed by atoms with Crippen LogP contribution < -0.4 is 25.6 Å². The van der Waals surface area contributed by atoms with Gasteiger partial charge >= 0.3 is 0 Å². The third-order valence-electron chi connectivity index (χ3n) is 10.9. The second kappa shape index (κ2) is 10.3. The van der Waals surface area contributed by atoms with E-state index in [9.17, 15) is 0 Å². The second-order valence-corrected chi connectivity index (χ2v) is 22.8. The molecule has 7 aromatic carbocycles. The molecule has 2 heterocycles. The van der Waals surface area contributed by atoms with Crippen LogP contribution in [0.2, 0.25) is 26.2 Å². The minimum Gasteiger partial charge on any atom is -0.310 e. The summed E-state index contributed by atoms with van der Waals surface area (Å²) in [7, 11) is -3.73. The van der Waals surface area contributed by atoms with Crippen molar-refractivity contribution in [2.75, 3.05) is 4.90 Å². The van der Waals surface area contributed by atoms with E-state index >= 15 is 0 Å². The van der Waals surface area contributed by atoms with E-state index in [2.05, 4.69) is 183 Å². The smallest absolute Gasteiger partial charge is 0.113 e. The molecule has 0 saturated carbocycles. The van der Waals surface area contributed by atoms with Crippen LogP contribution in [0.25, 0.3) is 44.2 Å². The van der Waals surface area contributed by atoms with Crippen molar-refractivity contribution in [3.8, 4) is 33.4 Å². The summed E-state index contributed by atoms with van der Waals surface area (Å²) in [5, 5.41) is 8.67. The van der Waals surface area contributed by atoms with Gasteiger partial charge in [0.15, 0.2) is 0 Å². The molecule has 0 aromatic heterocycles. The van der Waals surface area contributed by atoms with Crippen LogP contribution in [0.15, 0.2) is 152 Å². The summed E-state index contributed by atoms with van der Waals surface area (Å²) in [6, 6.07) is 57.1. The monoisotopic (exact) mass is 635 g/mol. The zero-order valence-electron chi connectivity index (χ0n) is 27.4. The van der Waals surface area contributed by atoms with Crippen LogP contribution >= 0.6 is 0 Å². The van der Waals surface area contributed by atoms with Gasteiger partial charge in [-0.05, 0) is 89.7 Å². The van der Waals surface area contributed by atoms with E-state index in [1.165, 1.54) is 76.8 Å². The molecule has 0 fully saturated rings. The van der Waals surface area contributed by atoms with Crippen molar-refractivity contribution in [1.29, 1.82) is 0 Å². The van der Waals surface area contributed by atoms with Gasteiger partial charge in [-0.1, -0.05) is 148 Å². The van der Waals surface area contributed by atoms with Crippen molar-refractivity contribution in [2.45, 2.75) is 26.2 Å². The molecule has 3 heteroatoms. The molecule has 9 rings (SSSR count). The predicted octanol–water partition coefficient (Wildman–Crippen LogP) is 9.58. The highest BCUT2D eigenvalue weighted by Crippen LogP contribution is 2.44. The van der Waals surface area contributed by atoms with Crippen molar-refractivity contribution in [1.82, 2.24) is 0 Å². The summed E-state index contributed by atoms with van der Waals surface area (Å²) in [4.78, 5) is 2.55. The van der Waals surface area contributed by atoms with Gasteiger partial charge in [0.05, 0.1) is 5.69 Å². The van der Waals surface area contributed by atoms with Crippen molar-refractivity contribution in [3.63, 3.8) is 0 Å². The number of rotatable bonds is 4. The van der Waals surface area contributed by atoms with Crippen molar-refractivity contribution >= 4 is 64.7 Å². The lowest BCUT2D eigenvalue weighted by Gasteiger charge is -2.30. The van der Waals surface area contributed by atoms with Gasteiger partial charge in [-0.15, -0.1) is 0 Å². The summed E-state index contributed by atoms with van der Waals surface area (Å²) in [6.45, 7) is 10.0. The third kappa shape index (κ3) is 4.13. The topological polar surface area (TPSA) is 3.24 Å². The summed E-state index contributed by atoms with van der Waals surface area (Å²) in [5.74, 6) is 0.